The maximum atomic E-state index is 12.3. The highest BCUT2D eigenvalue weighted by Crippen LogP contribution is 2.41. The van der Waals surface area contributed by atoms with Crippen LogP contribution in [0.1, 0.15) is 46.2 Å². The van der Waals surface area contributed by atoms with Gasteiger partial charge in [0.25, 0.3) is 0 Å². The lowest BCUT2D eigenvalue weighted by atomic mass is 10.2. The van der Waals surface area contributed by atoms with Crippen LogP contribution in [0.25, 0.3) is 22.6 Å². The molecule has 0 atom stereocenters. The number of piperazine rings is 1. The molecular formula is C32H38ClN7O4. The van der Waals surface area contributed by atoms with Crippen molar-refractivity contribution >= 4 is 28.9 Å². The summed E-state index contributed by atoms with van der Waals surface area (Å²) in [5.74, 6) is 1.79. The first-order chi connectivity index (χ1) is 21.1. The predicted molar refractivity (Wildman–Crippen MR) is 167 cm³/mol. The first-order valence-corrected chi connectivity index (χ1v) is 15.4. The molecule has 232 valence electrons. The lowest BCUT2D eigenvalue weighted by Gasteiger charge is -2.35. The van der Waals surface area contributed by atoms with E-state index < -0.39 is 5.60 Å². The number of fused-ring (bicyclic) bond motifs is 1. The Kier molecular flexibility index (Phi) is 8.34. The molecule has 0 unspecified atom stereocenters. The zero-order valence-electron chi connectivity index (χ0n) is 25.6. The number of hydrogen-bond donors (Lipinski definition) is 0. The third kappa shape index (κ3) is 7.05. The van der Waals surface area contributed by atoms with E-state index in [0.29, 0.717) is 59.9 Å². The van der Waals surface area contributed by atoms with Crippen LogP contribution in [0.4, 0.5) is 4.79 Å². The van der Waals surface area contributed by atoms with Crippen LogP contribution in [0, 0.1) is 0 Å². The second kappa shape index (κ2) is 12.2. The minimum Gasteiger partial charge on any atom is -0.492 e. The van der Waals surface area contributed by atoms with E-state index in [-0.39, 0.29) is 11.7 Å². The van der Waals surface area contributed by atoms with E-state index in [9.17, 15) is 4.79 Å². The molecule has 2 aliphatic rings. The van der Waals surface area contributed by atoms with Gasteiger partial charge in [-0.1, -0.05) is 17.7 Å². The molecule has 6 rings (SSSR count). The van der Waals surface area contributed by atoms with Gasteiger partial charge in [0.05, 0.1) is 17.3 Å². The van der Waals surface area contributed by atoms with Crippen molar-refractivity contribution in [3.05, 3.63) is 59.6 Å². The number of carbonyl (C=O) groups excluding carboxylic acids is 1. The van der Waals surface area contributed by atoms with Gasteiger partial charge in [0.15, 0.2) is 11.2 Å². The van der Waals surface area contributed by atoms with E-state index in [1.165, 1.54) is 6.33 Å². The molecule has 1 aliphatic heterocycles. The Morgan fingerprint density at radius 1 is 1.05 bits per heavy atom. The number of nitrogens with zero attached hydrogens (tertiary/aromatic N) is 7. The first-order valence-electron chi connectivity index (χ1n) is 15.0. The Morgan fingerprint density at radius 3 is 2.52 bits per heavy atom. The Morgan fingerprint density at radius 2 is 1.84 bits per heavy atom. The van der Waals surface area contributed by atoms with Gasteiger partial charge in [-0.25, -0.2) is 14.8 Å². The summed E-state index contributed by atoms with van der Waals surface area (Å²) < 4.78 is 19.8. The van der Waals surface area contributed by atoms with E-state index in [1.54, 1.807) is 11.1 Å². The minimum absolute atomic E-state index is 0.214. The minimum atomic E-state index is -0.495. The van der Waals surface area contributed by atoms with Gasteiger partial charge in [-0.2, -0.15) is 4.98 Å². The average Bonchev–Trinajstić information content (AvgIpc) is 3.60. The second-order valence-electron chi connectivity index (χ2n) is 12.5. The third-order valence-electron chi connectivity index (χ3n) is 7.72. The predicted octanol–water partition coefficient (Wildman–Crippen LogP) is 5.45. The SMILES string of the molecule is CC(C)(C)OC(=O)N1CCN(CCOc2ccc(-c3nc4c(OC5(C)CC5)ncnc4n3Cc3ccccn3)c(Cl)c2)CC1. The van der Waals surface area contributed by atoms with Crippen LogP contribution in [0.15, 0.2) is 48.9 Å². The van der Waals surface area contributed by atoms with Crippen molar-refractivity contribution in [3.8, 4) is 23.0 Å². The first kappa shape index (κ1) is 30.1. The molecule has 0 radical (unpaired) electrons. The maximum absolute atomic E-state index is 12.3. The maximum Gasteiger partial charge on any atom is 0.410 e. The number of aromatic nitrogens is 5. The molecular weight excluding hydrogens is 582 g/mol. The van der Waals surface area contributed by atoms with E-state index in [4.69, 9.17) is 30.8 Å². The van der Waals surface area contributed by atoms with Gasteiger partial charge in [0, 0.05) is 44.5 Å². The second-order valence-corrected chi connectivity index (χ2v) is 13.0. The highest BCUT2D eigenvalue weighted by molar-refractivity contribution is 6.33. The fraction of sp³-hybridized carbons (Fsp3) is 0.469. The van der Waals surface area contributed by atoms with Crippen LogP contribution < -0.4 is 9.47 Å². The van der Waals surface area contributed by atoms with Gasteiger partial charge < -0.3 is 23.7 Å². The molecule has 1 amide bonds. The quantitative estimate of drug-likeness (QED) is 0.242. The largest absolute Gasteiger partial charge is 0.492 e. The van der Waals surface area contributed by atoms with Crippen LogP contribution in [-0.4, -0.2) is 90.9 Å². The fourth-order valence-corrected chi connectivity index (χ4v) is 5.31. The van der Waals surface area contributed by atoms with Crippen LogP contribution in [-0.2, 0) is 11.3 Å². The monoisotopic (exact) mass is 619 g/mol. The lowest BCUT2D eigenvalue weighted by Crippen LogP contribution is -2.50. The summed E-state index contributed by atoms with van der Waals surface area (Å²) >= 11 is 6.87. The summed E-state index contributed by atoms with van der Waals surface area (Å²) in [6.45, 7) is 12.2. The number of ether oxygens (including phenoxy) is 3. The number of imidazole rings is 1. The van der Waals surface area contributed by atoms with Crippen molar-refractivity contribution in [2.24, 2.45) is 0 Å². The summed E-state index contributed by atoms with van der Waals surface area (Å²) in [6, 6.07) is 11.5. The highest BCUT2D eigenvalue weighted by atomic mass is 35.5. The zero-order chi connectivity index (χ0) is 30.9. The molecule has 0 spiro atoms. The topological polar surface area (TPSA) is 108 Å². The molecule has 12 heteroatoms. The molecule has 2 fully saturated rings. The molecule has 11 nitrogen and oxygen atoms in total. The van der Waals surface area contributed by atoms with Crippen molar-refractivity contribution in [2.45, 2.75) is 58.3 Å². The van der Waals surface area contributed by atoms with Crippen molar-refractivity contribution in [2.75, 3.05) is 39.3 Å². The van der Waals surface area contributed by atoms with E-state index in [2.05, 4.69) is 26.8 Å². The standard InChI is InChI=1S/C32H38ClN7O4/c1-31(2,3)44-30(41)39-15-13-38(14-16-39)17-18-42-23-8-9-24(25(33)19-23)27-37-26-28(40(27)20-22-7-5-6-12-34-22)35-21-36-29(26)43-32(4)10-11-32/h5-9,12,19,21H,10-11,13-18,20H2,1-4H3. The van der Waals surface area contributed by atoms with Crippen LogP contribution in [0.3, 0.4) is 0 Å². The molecule has 0 N–H and O–H groups in total. The summed E-state index contributed by atoms with van der Waals surface area (Å²) in [7, 11) is 0. The van der Waals surface area contributed by atoms with Gasteiger partial charge in [-0.05, 0) is 70.9 Å². The summed E-state index contributed by atoms with van der Waals surface area (Å²) in [6.07, 6.45) is 4.99. The van der Waals surface area contributed by atoms with E-state index >= 15 is 0 Å². The number of rotatable bonds is 9. The molecule has 4 aromatic rings. The number of hydrogen-bond acceptors (Lipinski definition) is 9. The molecule has 4 heterocycles. The van der Waals surface area contributed by atoms with Crippen LogP contribution in [0.5, 0.6) is 11.6 Å². The van der Waals surface area contributed by atoms with Gasteiger partial charge in [-0.15, -0.1) is 0 Å². The van der Waals surface area contributed by atoms with Crippen LogP contribution >= 0.6 is 11.6 Å². The number of amides is 1. The smallest absolute Gasteiger partial charge is 0.410 e. The highest BCUT2D eigenvalue weighted by Gasteiger charge is 2.41. The Hall–Kier alpha value is -3.96. The summed E-state index contributed by atoms with van der Waals surface area (Å²) in [5.41, 5.74) is 2.15. The van der Waals surface area contributed by atoms with Crippen molar-refractivity contribution in [1.29, 1.82) is 0 Å². The van der Waals surface area contributed by atoms with Gasteiger partial charge in [0.2, 0.25) is 5.88 Å². The lowest BCUT2D eigenvalue weighted by molar-refractivity contribution is 0.0137. The van der Waals surface area contributed by atoms with Crippen molar-refractivity contribution < 1.29 is 19.0 Å². The molecule has 1 aromatic carbocycles. The van der Waals surface area contributed by atoms with Gasteiger partial charge in [0.1, 0.15) is 35.7 Å². The Labute approximate surface area is 262 Å². The van der Waals surface area contributed by atoms with Crippen LogP contribution in [0.2, 0.25) is 5.02 Å². The number of pyridine rings is 1. The summed E-state index contributed by atoms with van der Waals surface area (Å²) in [5, 5.41) is 0.510. The number of benzene rings is 1. The summed E-state index contributed by atoms with van der Waals surface area (Å²) in [4.78, 5) is 34.8. The zero-order valence-corrected chi connectivity index (χ0v) is 26.4. The fourth-order valence-electron chi connectivity index (χ4n) is 5.05. The number of halogens is 1. The molecule has 1 saturated carbocycles. The Balaban J connectivity index is 1.15. The van der Waals surface area contributed by atoms with Gasteiger partial charge in [-0.3, -0.25) is 9.88 Å². The third-order valence-corrected chi connectivity index (χ3v) is 8.04. The molecule has 1 aliphatic carbocycles. The Bertz CT molecular complexity index is 1630. The molecule has 44 heavy (non-hydrogen) atoms. The molecule has 0 bridgehead atoms. The number of carbonyl (C=O) groups is 1. The van der Waals surface area contributed by atoms with Crippen molar-refractivity contribution in [1.82, 2.24) is 34.3 Å². The normalized spacial score (nSPS) is 16.6. The van der Waals surface area contributed by atoms with Crippen molar-refractivity contribution in [3.63, 3.8) is 0 Å². The molecule has 3 aromatic heterocycles. The van der Waals surface area contributed by atoms with E-state index in [1.807, 2.05) is 61.7 Å². The molecule has 1 saturated heterocycles. The van der Waals surface area contributed by atoms with Gasteiger partial charge >= 0.3 is 6.09 Å². The van der Waals surface area contributed by atoms with E-state index in [0.717, 1.165) is 43.7 Å². The average molecular weight is 620 g/mol.